The van der Waals surface area contributed by atoms with E-state index in [1.807, 2.05) is 47.8 Å². The van der Waals surface area contributed by atoms with E-state index < -0.39 is 6.04 Å². The minimum absolute atomic E-state index is 0.174. The van der Waals surface area contributed by atoms with Gasteiger partial charge in [-0.05, 0) is 36.4 Å². The molecule has 3 amide bonds. The van der Waals surface area contributed by atoms with Crippen LogP contribution < -0.4 is 10.6 Å². The van der Waals surface area contributed by atoms with E-state index in [2.05, 4.69) is 15.7 Å². The Morgan fingerprint density at radius 1 is 1.16 bits per heavy atom. The standard InChI is InChI=1S/C22H23N5O3S/c1-23-22(30)17-9-5-11-26(17)19(28)13-24-21(29)16-14-27(15-7-3-2-4-8-15)25-20(16)18-10-6-12-31-18/h2-4,6-8,10,12,14,17H,5,9,11,13H2,1H3,(H,23,30)(H,24,29). The van der Waals surface area contributed by atoms with E-state index in [0.29, 0.717) is 24.2 Å². The molecule has 4 rings (SSSR count). The number of carbonyl (C=O) groups excluding carboxylic acids is 3. The summed E-state index contributed by atoms with van der Waals surface area (Å²) in [6.07, 6.45) is 3.07. The highest BCUT2D eigenvalue weighted by atomic mass is 32.1. The van der Waals surface area contributed by atoms with Gasteiger partial charge in [0.2, 0.25) is 11.8 Å². The number of amides is 3. The zero-order valence-electron chi connectivity index (χ0n) is 17.1. The fourth-order valence-corrected chi connectivity index (χ4v) is 4.43. The van der Waals surface area contributed by atoms with Crippen LogP contribution in [0.15, 0.2) is 54.0 Å². The fraction of sp³-hybridized carbons (Fsp3) is 0.273. The van der Waals surface area contributed by atoms with Crippen LogP contribution in [-0.4, -0.2) is 58.6 Å². The summed E-state index contributed by atoms with van der Waals surface area (Å²) in [6, 6.07) is 12.9. The fourth-order valence-electron chi connectivity index (χ4n) is 3.71. The second-order valence-electron chi connectivity index (χ2n) is 7.19. The number of hydrogen-bond donors (Lipinski definition) is 2. The van der Waals surface area contributed by atoms with Crippen LogP contribution >= 0.6 is 11.3 Å². The average molecular weight is 438 g/mol. The first-order valence-corrected chi connectivity index (χ1v) is 10.9. The molecule has 1 atom stereocenters. The van der Waals surface area contributed by atoms with E-state index in [0.717, 1.165) is 17.0 Å². The average Bonchev–Trinajstić information content (AvgIpc) is 3.56. The first kappa shape index (κ1) is 20.8. The molecule has 3 heterocycles. The molecular formula is C22H23N5O3S. The molecule has 3 aromatic rings. The molecule has 8 nitrogen and oxygen atoms in total. The molecule has 1 aliphatic heterocycles. The topological polar surface area (TPSA) is 96.3 Å². The quantitative estimate of drug-likeness (QED) is 0.617. The van der Waals surface area contributed by atoms with Crippen LogP contribution in [0.25, 0.3) is 16.3 Å². The van der Waals surface area contributed by atoms with Crippen molar-refractivity contribution in [3.63, 3.8) is 0 Å². The second kappa shape index (κ2) is 9.13. The summed E-state index contributed by atoms with van der Waals surface area (Å²) in [4.78, 5) is 40.1. The summed E-state index contributed by atoms with van der Waals surface area (Å²) in [6.45, 7) is 0.339. The van der Waals surface area contributed by atoms with E-state index in [9.17, 15) is 14.4 Å². The Bertz CT molecular complexity index is 1080. The smallest absolute Gasteiger partial charge is 0.255 e. The summed E-state index contributed by atoms with van der Waals surface area (Å²) in [7, 11) is 1.56. The lowest BCUT2D eigenvalue weighted by Crippen LogP contribution is -2.48. The third-order valence-corrected chi connectivity index (χ3v) is 6.13. The number of thiophene rings is 1. The molecule has 31 heavy (non-hydrogen) atoms. The zero-order valence-corrected chi connectivity index (χ0v) is 17.9. The van der Waals surface area contributed by atoms with Gasteiger partial charge in [-0.1, -0.05) is 24.3 Å². The van der Waals surface area contributed by atoms with Crippen LogP contribution in [0, 0.1) is 0 Å². The SMILES string of the molecule is CNC(=O)C1CCCN1C(=O)CNC(=O)c1cn(-c2ccccc2)nc1-c1cccs1. The van der Waals surface area contributed by atoms with Gasteiger partial charge in [-0.2, -0.15) is 5.10 Å². The Kier molecular flexibility index (Phi) is 6.13. The molecule has 9 heteroatoms. The maximum Gasteiger partial charge on any atom is 0.255 e. The first-order valence-electron chi connectivity index (χ1n) is 10.1. The Morgan fingerprint density at radius 2 is 1.97 bits per heavy atom. The number of benzene rings is 1. The van der Waals surface area contributed by atoms with Crippen LogP contribution in [0.5, 0.6) is 0 Å². The molecule has 1 fully saturated rings. The minimum Gasteiger partial charge on any atom is -0.357 e. The molecule has 0 radical (unpaired) electrons. The lowest BCUT2D eigenvalue weighted by Gasteiger charge is -2.23. The normalized spacial score (nSPS) is 15.6. The molecule has 0 aliphatic carbocycles. The molecule has 1 aliphatic rings. The Morgan fingerprint density at radius 3 is 2.68 bits per heavy atom. The predicted octanol–water partition coefficient (Wildman–Crippen LogP) is 2.07. The van der Waals surface area contributed by atoms with Crippen molar-refractivity contribution in [1.82, 2.24) is 25.3 Å². The minimum atomic E-state index is -0.475. The van der Waals surface area contributed by atoms with Crippen molar-refractivity contribution in [2.75, 3.05) is 20.1 Å². The Balaban J connectivity index is 1.52. The highest BCUT2D eigenvalue weighted by Crippen LogP contribution is 2.27. The van der Waals surface area contributed by atoms with Gasteiger partial charge < -0.3 is 15.5 Å². The number of likely N-dealkylation sites (tertiary alicyclic amines) is 1. The van der Waals surface area contributed by atoms with Gasteiger partial charge in [0.25, 0.3) is 5.91 Å². The lowest BCUT2D eigenvalue weighted by molar-refractivity contribution is -0.137. The molecule has 160 valence electrons. The van der Waals surface area contributed by atoms with Gasteiger partial charge in [0, 0.05) is 19.8 Å². The highest BCUT2D eigenvalue weighted by molar-refractivity contribution is 7.13. The highest BCUT2D eigenvalue weighted by Gasteiger charge is 2.33. The van der Waals surface area contributed by atoms with Crippen molar-refractivity contribution >= 4 is 29.1 Å². The second-order valence-corrected chi connectivity index (χ2v) is 8.14. The third kappa shape index (κ3) is 4.36. The molecule has 0 saturated carbocycles. The summed E-state index contributed by atoms with van der Waals surface area (Å²) < 4.78 is 1.66. The van der Waals surface area contributed by atoms with Crippen LogP contribution in [0.2, 0.25) is 0 Å². The largest absolute Gasteiger partial charge is 0.357 e. The van der Waals surface area contributed by atoms with Crippen LogP contribution in [-0.2, 0) is 9.59 Å². The summed E-state index contributed by atoms with van der Waals surface area (Å²) in [5, 5.41) is 11.8. The van der Waals surface area contributed by atoms with Crippen molar-refractivity contribution in [3.05, 3.63) is 59.6 Å². The molecule has 1 aromatic carbocycles. The number of aromatic nitrogens is 2. The van der Waals surface area contributed by atoms with Crippen LogP contribution in [0.4, 0.5) is 0 Å². The molecule has 0 bridgehead atoms. The number of para-hydroxylation sites is 1. The van der Waals surface area contributed by atoms with Gasteiger partial charge in [0.1, 0.15) is 11.7 Å². The maximum absolute atomic E-state index is 13.0. The van der Waals surface area contributed by atoms with E-state index in [-0.39, 0.29) is 24.3 Å². The van der Waals surface area contributed by atoms with E-state index in [1.54, 1.807) is 17.9 Å². The first-order chi connectivity index (χ1) is 15.1. The van der Waals surface area contributed by atoms with Crippen LogP contribution in [0.1, 0.15) is 23.2 Å². The van der Waals surface area contributed by atoms with Crippen LogP contribution in [0.3, 0.4) is 0 Å². The Hall–Kier alpha value is -3.46. The van der Waals surface area contributed by atoms with Gasteiger partial charge >= 0.3 is 0 Å². The summed E-state index contributed by atoms with van der Waals surface area (Å²) in [5.74, 6) is -0.830. The number of rotatable bonds is 6. The third-order valence-electron chi connectivity index (χ3n) is 5.26. The van der Waals surface area contributed by atoms with Crippen molar-refractivity contribution < 1.29 is 14.4 Å². The summed E-state index contributed by atoms with van der Waals surface area (Å²) in [5.41, 5.74) is 1.79. The predicted molar refractivity (Wildman–Crippen MR) is 118 cm³/mol. The number of nitrogens with one attached hydrogen (secondary N) is 2. The molecule has 1 saturated heterocycles. The van der Waals surface area contributed by atoms with Crippen molar-refractivity contribution in [3.8, 4) is 16.3 Å². The molecular weight excluding hydrogens is 414 g/mol. The van der Waals surface area contributed by atoms with E-state index in [1.165, 1.54) is 16.2 Å². The number of likely N-dealkylation sites (N-methyl/N-ethyl adjacent to an activating group) is 1. The van der Waals surface area contributed by atoms with E-state index in [4.69, 9.17) is 0 Å². The van der Waals surface area contributed by atoms with Crippen molar-refractivity contribution in [2.45, 2.75) is 18.9 Å². The van der Waals surface area contributed by atoms with Crippen molar-refractivity contribution in [1.29, 1.82) is 0 Å². The van der Waals surface area contributed by atoms with Gasteiger partial charge in [0.15, 0.2) is 0 Å². The lowest BCUT2D eigenvalue weighted by atomic mass is 10.2. The Labute approximate surface area is 183 Å². The number of hydrogen-bond acceptors (Lipinski definition) is 5. The number of carbonyl (C=O) groups is 3. The van der Waals surface area contributed by atoms with E-state index >= 15 is 0 Å². The molecule has 0 spiro atoms. The maximum atomic E-state index is 13.0. The van der Waals surface area contributed by atoms with Crippen molar-refractivity contribution in [2.24, 2.45) is 0 Å². The van der Waals surface area contributed by atoms with Gasteiger partial charge in [0.05, 0.1) is 22.7 Å². The molecule has 1 unspecified atom stereocenters. The molecule has 2 N–H and O–H groups in total. The van der Waals surface area contributed by atoms with Gasteiger partial charge in [-0.25, -0.2) is 4.68 Å². The summed E-state index contributed by atoms with van der Waals surface area (Å²) >= 11 is 1.49. The zero-order chi connectivity index (χ0) is 21.8. The molecule has 2 aromatic heterocycles. The number of nitrogens with zero attached hydrogens (tertiary/aromatic N) is 3. The van der Waals surface area contributed by atoms with Gasteiger partial charge in [-0.3, -0.25) is 14.4 Å². The van der Waals surface area contributed by atoms with Gasteiger partial charge in [-0.15, -0.1) is 11.3 Å². The monoisotopic (exact) mass is 437 g/mol.